The molecular formula is C22H20ClNO5. The van der Waals surface area contributed by atoms with Crippen LogP contribution in [0.5, 0.6) is 0 Å². The van der Waals surface area contributed by atoms with E-state index in [9.17, 15) is 19.5 Å². The number of hydrogen-bond acceptors (Lipinski definition) is 4. The van der Waals surface area contributed by atoms with Crippen molar-refractivity contribution in [3.05, 3.63) is 75.8 Å². The van der Waals surface area contributed by atoms with Gasteiger partial charge in [-0.3, -0.25) is 14.4 Å². The SMILES string of the molecule is Cc1ccc(C(O)=C2C(=O)C(=O)N(CCCC(=O)O)[C@H]2c2ccc(Cl)cc2)cc1. The van der Waals surface area contributed by atoms with Crippen LogP contribution in [0.15, 0.2) is 54.1 Å². The van der Waals surface area contributed by atoms with Gasteiger partial charge in [0.2, 0.25) is 0 Å². The Kier molecular flexibility index (Phi) is 6.03. The average Bonchev–Trinajstić information content (AvgIpc) is 2.93. The Hall–Kier alpha value is -3.12. The summed E-state index contributed by atoms with van der Waals surface area (Å²) in [6.45, 7) is 1.98. The summed E-state index contributed by atoms with van der Waals surface area (Å²) in [5.74, 6) is -2.80. The molecule has 150 valence electrons. The fourth-order valence-corrected chi connectivity index (χ4v) is 3.50. The highest BCUT2D eigenvalue weighted by atomic mass is 35.5. The van der Waals surface area contributed by atoms with E-state index in [1.54, 1.807) is 48.5 Å². The van der Waals surface area contributed by atoms with E-state index in [4.69, 9.17) is 16.7 Å². The van der Waals surface area contributed by atoms with Crippen LogP contribution in [0.25, 0.3) is 5.76 Å². The minimum atomic E-state index is -0.982. The number of amides is 1. The summed E-state index contributed by atoms with van der Waals surface area (Å²) in [6, 6.07) is 12.8. The van der Waals surface area contributed by atoms with Crippen molar-refractivity contribution in [1.82, 2.24) is 4.90 Å². The first kappa shape index (κ1) is 20.6. The Morgan fingerprint density at radius 1 is 1.03 bits per heavy atom. The zero-order valence-corrected chi connectivity index (χ0v) is 16.5. The maximum Gasteiger partial charge on any atom is 0.303 e. The fraction of sp³-hybridized carbons (Fsp3) is 0.227. The molecule has 1 saturated heterocycles. The highest BCUT2D eigenvalue weighted by Gasteiger charge is 2.45. The average molecular weight is 414 g/mol. The number of rotatable bonds is 6. The molecule has 0 saturated carbocycles. The van der Waals surface area contributed by atoms with Gasteiger partial charge in [-0.25, -0.2) is 0 Å². The van der Waals surface area contributed by atoms with Gasteiger partial charge >= 0.3 is 5.97 Å². The number of aryl methyl sites for hydroxylation is 1. The second kappa shape index (κ2) is 8.49. The monoisotopic (exact) mass is 413 g/mol. The molecule has 0 aliphatic carbocycles. The molecule has 0 spiro atoms. The highest BCUT2D eigenvalue weighted by molar-refractivity contribution is 6.46. The topological polar surface area (TPSA) is 94.9 Å². The van der Waals surface area contributed by atoms with E-state index in [0.717, 1.165) is 5.56 Å². The van der Waals surface area contributed by atoms with Crippen molar-refractivity contribution < 1.29 is 24.6 Å². The Morgan fingerprint density at radius 2 is 1.66 bits per heavy atom. The van der Waals surface area contributed by atoms with Crippen LogP contribution in [0.4, 0.5) is 0 Å². The number of aliphatic hydroxyl groups is 1. The minimum Gasteiger partial charge on any atom is -0.507 e. The number of carbonyl (C=O) groups excluding carboxylic acids is 2. The van der Waals surface area contributed by atoms with E-state index in [0.29, 0.717) is 16.1 Å². The lowest BCUT2D eigenvalue weighted by molar-refractivity contribution is -0.140. The van der Waals surface area contributed by atoms with E-state index >= 15 is 0 Å². The molecule has 0 unspecified atom stereocenters. The molecule has 1 fully saturated rings. The maximum absolute atomic E-state index is 12.8. The summed E-state index contributed by atoms with van der Waals surface area (Å²) >= 11 is 5.97. The fourth-order valence-electron chi connectivity index (χ4n) is 3.37. The van der Waals surface area contributed by atoms with Gasteiger partial charge in [0.1, 0.15) is 5.76 Å². The molecule has 1 aliphatic heterocycles. The van der Waals surface area contributed by atoms with Crippen LogP contribution < -0.4 is 0 Å². The summed E-state index contributed by atoms with van der Waals surface area (Å²) < 4.78 is 0. The number of likely N-dealkylation sites (tertiary alicyclic amines) is 1. The van der Waals surface area contributed by atoms with Crippen LogP contribution in [0.3, 0.4) is 0 Å². The molecule has 2 aromatic carbocycles. The largest absolute Gasteiger partial charge is 0.507 e. The maximum atomic E-state index is 12.8. The lowest BCUT2D eigenvalue weighted by Gasteiger charge is -2.25. The molecule has 0 aromatic heterocycles. The lowest BCUT2D eigenvalue weighted by Crippen LogP contribution is -2.31. The smallest absolute Gasteiger partial charge is 0.303 e. The number of aliphatic carboxylic acids is 1. The minimum absolute atomic E-state index is 0.0171. The Balaban J connectivity index is 2.08. The van der Waals surface area contributed by atoms with E-state index in [2.05, 4.69) is 0 Å². The second-order valence-corrected chi connectivity index (χ2v) is 7.34. The van der Waals surface area contributed by atoms with Gasteiger partial charge in [-0.05, 0) is 31.0 Å². The number of carbonyl (C=O) groups is 3. The lowest BCUT2D eigenvalue weighted by atomic mass is 9.95. The molecule has 2 N–H and O–H groups in total. The summed E-state index contributed by atoms with van der Waals surface area (Å²) in [4.78, 5) is 37.7. The number of hydrogen-bond donors (Lipinski definition) is 2. The van der Waals surface area contributed by atoms with Crippen molar-refractivity contribution in [3.63, 3.8) is 0 Å². The number of benzene rings is 2. The van der Waals surface area contributed by atoms with Crippen molar-refractivity contribution in [3.8, 4) is 0 Å². The van der Waals surface area contributed by atoms with Gasteiger partial charge in [0.05, 0.1) is 11.6 Å². The molecule has 1 heterocycles. The summed E-state index contributed by atoms with van der Waals surface area (Å²) in [7, 11) is 0. The molecule has 7 heteroatoms. The van der Waals surface area contributed by atoms with E-state index in [-0.39, 0.29) is 30.7 Å². The predicted octanol–water partition coefficient (Wildman–Crippen LogP) is 3.93. The molecule has 0 radical (unpaired) electrons. The number of carboxylic acid groups (broad SMARTS) is 1. The Bertz CT molecular complexity index is 979. The van der Waals surface area contributed by atoms with Crippen molar-refractivity contribution in [2.24, 2.45) is 0 Å². The van der Waals surface area contributed by atoms with Gasteiger partial charge in [0, 0.05) is 23.6 Å². The first-order valence-electron chi connectivity index (χ1n) is 9.12. The number of halogens is 1. The third-order valence-corrected chi connectivity index (χ3v) is 5.09. The molecule has 29 heavy (non-hydrogen) atoms. The molecular weight excluding hydrogens is 394 g/mol. The predicted molar refractivity (Wildman–Crippen MR) is 109 cm³/mol. The highest BCUT2D eigenvalue weighted by Crippen LogP contribution is 2.39. The van der Waals surface area contributed by atoms with Crippen molar-refractivity contribution in [2.45, 2.75) is 25.8 Å². The second-order valence-electron chi connectivity index (χ2n) is 6.91. The zero-order chi connectivity index (χ0) is 21.1. The van der Waals surface area contributed by atoms with Gasteiger partial charge in [-0.1, -0.05) is 53.6 Å². The van der Waals surface area contributed by atoms with E-state index in [1.165, 1.54) is 4.90 Å². The van der Waals surface area contributed by atoms with Crippen LogP contribution in [0.2, 0.25) is 5.02 Å². The van der Waals surface area contributed by atoms with E-state index < -0.39 is 23.7 Å². The number of Topliss-reactive ketones (excluding diaryl/α,β-unsaturated/α-hetero) is 1. The molecule has 1 amide bonds. The van der Waals surface area contributed by atoms with Crippen molar-refractivity contribution in [2.75, 3.05) is 6.54 Å². The van der Waals surface area contributed by atoms with Gasteiger partial charge in [0.25, 0.3) is 11.7 Å². The van der Waals surface area contributed by atoms with Crippen LogP contribution in [0, 0.1) is 6.92 Å². The van der Waals surface area contributed by atoms with Crippen molar-refractivity contribution >= 4 is 35.0 Å². The molecule has 1 aliphatic rings. The first-order chi connectivity index (χ1) is 13.8. The Morgan fingerprint density at radius 3 is 2.24 bits per heavy atom. The third-order valence-electron chi connectivity index (χ3n) is 4.84. The number of carboxylic acids is 1. The van der Waals surface area contributed by atoms with Gasteiger partial charge in [-0.2, -0.15) is 0 Å². The van der Waals surface area contributed by atoms with Gasteiger partial charge in [0.15, 0.2) is 0 Å². The molecule has 0 bridgehead atoms. The van der Waals surface area contributed by atoms with Crippen molar-refractivity contribution in [1.29, 1.82) is 0 Å². The standard InChI is InChI=1S/C22H20ClNO5/c1-13-4-6-15(7-5-13)20(27)18-19(14-8-10-16(23)11-9-14)24(22(29)21(18)28)12-2-3-17(25)26/h4-11,19,27H,2-3,12H2,1H3,(H,25,26)/t19-/m0/s1. The molecule has 1 atom stereocenters. The Labute approximate surface area is 173 Å². The van der Waals surface area contributed by atoms with E-state index in [1.807, 2.05) is 6.92 Å². The summed E-state index contributed by atoms with van der Waals surface area (Å²) in [5.41, 5.74) is 2.01. The third kappa shape index (κ3) is 4.32. The number of ketones is 1. The normalized spacial score (nSPS) is 18.3. The zero-order valence-electron chi connectivity index (χ0n) is 15.8. The van der Waals surface area contributed by atoms with Gasteiger partial charge < -0.3 is 15.1 Å². The molecule has 6 nitrogen and oxygen atoms in total. The summed E-state index contributed by atoms with van der Waals surface area (Å²) in [5, 5.41) is 20.3. The summed E-state index contributed by atoms with van der Waals surface area (Å²) in [6.07, 6.45) is 0.0608. The van der Waals surface area contributed by atoms with Gasteiger partial charge in [-0.15, -0.1) is 0 Å². The molecule has 3 rings (SSSR count). The van der Waals surface area contributed by atoms with Crippen LogP contribution in [-0.4, -0.2) is 39.3 Å². The van der Waals surface area contributed by atoms with Crippen LogP contribution in [-0.2, 0) is 14.4 Å². The first-order valence-corrected chi connectivity index (χ1v) is 9.50. The number of nitrogens with zero attached hydrogens (tertiary/aromatic N) is 1. The number of aliphatic hydroxyl groups excluding tert-OH is 1. The van der Waals surface area contributed by atoms with Crippen LogP contribution in [0.1, 0.15) is 35.6 Å². The van der Waals surface area contributed by atoms with Crippen LogP contribution >= 0.6 is 11.6 Å². The quantitative estimate of drug-likeness (QED) is 0.425. The molecule has 2 aromatic rings.